The molecule has 0 atom stereocenters. The fourth-order valence-corrected chi connectivity index (χ4v) is 2.01. The van der Waals surface area contributed by atoms with E-state index in [0.717, 1.165) is 29.9 Å². The van der Waals surface area contributed by atoms with E-state index in [2.05, 4.69) is 10.6 Å². The number of carbonyl (C=O) groups is 1. The number of anilines is 1. The molecule has 4 nitrogen and oxygen atoms in total. The van der Waals surface area contributed by atoms with E-state index < -0.39 is 11.6 Å². The van der Waals surface area contributed by atoms with Gasteiger partial charge in [0.2, 0.25) is 5.91 Å². The van der Waals surface area contributed by atoms with E-state index >= 15 is 0 Å². The van der Waals surface area contributed by atoms with Gasteiger partial charge in [0.1, 0.15) is 5.75 Å². The van der Waals surface area contributed by atoms with Gasteiger partial charge in [-0.1, -0.05) is 12.1 Å². The maximum absolute atomic E-state index is 13.0. The van der Waals surface area contributed by atoms with Crippen molar-refractivity contribution in [3.63, 3.8) is 0 Å². The number of benzene rings is 2. The molecule has 0 unspecified atom stereocenters. The summed E-state index contributed by atoms with van der Waals surface area (Å²) in [5.74, 6) is -1.45. The van der Waals surface area contributed by atoms with Gasteiger partial charge in [-0.2, -0.15) is 0 Å². The zero-order chi connectivity index (χ0) is 16.7. The molecule has 0 saturated carbocycles. The Balaban J connectivity index is 1.70. The molecule has 6 heteroatoms. The number of amides is 1. The van der Waals surface area contributed by atoms with Crippen molar-refractivity contribution in [3.8, 4) is 5.75 Å². The molecule has 2 N–H and O–H groups in total. The number of rotatable bonds is 7. The number of carbonyl (C=O) groups excluding carboxylic acids is 1. The molecule has 0 aliphatic carbocycles. The lowest BCUT2D eigenvalue weighted by molar-refractivity contribution is -0.115. The second-order valence-corrected chi connectivity index (χ2v) is 4.95. The number of methoxy groups -OCH3 is 1. The lowest BCUT2D eigenvalue weighted by Crippen LogP contribution is -2.29. The van der Waals surface area contributed by atoms with Crippen molar-refractivity contribution in [2.75, 3.05) is 25.5 Å². The summed E-state index contributed by atoms with van der Waals surface area (Å²) in [5, 5.41) is 5.50. The molecule has 2 rings (SSSR count). The molecule has 0 heterocycles. The molecule has 1 amide bonds. The molecular weight excluding hydrogens is 302 g/mol. The van der Waals surface area contributed by atoms with Gasteiger partial charge in [-0.15, -0.1) is 0 Å². The van der Waals surface area contributed by atoms with E-state index in [4.69, 9.17) is 4.74 Å². The average molecular weight is 320 g/mol. The SMILES string of the molecule is COc1ccc(CCNCC(=O)Nc2ccc(F)c(F)c2)cc1. The van der Waals surface area contributed by atoms with Crippen molar-refractivity contribution in [2.45, 2.75) is 6.42 Å². The van der Waals surface area contributed by atoms with Gasteiger partial charge < -0.3 is 15.4 Å². The fraction of sp³-hybridized carbons (Fsp3) is 0.235. The predicted octanol–water partition coefficient (Wildman–Crippen LogP) is 2.74. The maximum atomic E-state index is 13.0. The molecule has 0 aliphatic heterocycles. The third-order valence-electron chi connectivity index (χ3n) is 3.24. The summed E-state index contributed by atoms with van der Waals surface area (Å²) in [5.41, 5.74) is 1.35. The average Bonchev–Trinajstić information content (AvgIpc) is 2.55. The lowest BCUT2D eigenvalue weighted by Gasteiger charge is -2.07. The van der Waals surface area contributed by atoms with Crippen LogP contribution in [0.15, 0.2) is 42.5 Å². The van der Waals surface area contributed by atoms with Crippen molar-refractivity contribution in [1.82, 2.24) is 5.32 Å². The van der Waals surface area contributed by atoms with Gasteiger partial charge in [0.15, 0.2) is 11.6 Å². The Morgan fingerprint density at radius 1 is 1.09 bits per heavy atom. The summed E-state index contributed by atoms with van der Waals surface area (Å²) in [6.45, 7) is 0.715. The Bertz CT molecular complexity index is 660. The second-order valence-electron chi connectivity index (χ2n) is 4.95. The van der Waals surface area contributed by atoms with Crippen molar-refractivity contribution in [3.05, 3.63) is 59.7 Å². The van der Waals surface area contributed by atoms with Crippen LogP contribution in [0.5, 0.6) is 5.75 Å². The zero-order valence-electron chi connectivity index (χ0n) is 12.7. The molecule has 0 spiro atoms. The molecule has 122 valence electrons. The summed E-state index contributed by atoms with van der Waals surface area (Å²) in [4.78, 5) is 11.7. The monoisotopic (exact) mass is 320 g/mol. The minimum atomic E-state index is -0.990. The normalized spacial score (nSPS) is 10.4. The first-order valence-corrected chi connectivity index (χ1v) is 7.17. The second kappa shape index (κ2) is 8.24. The van der Waals surface area contributed by atoms with E-state index in [-0.39, 0.29) is 18.1 Å². The van der Waals surface area contributed by atoms with Crippen LogP contribution in [0.4, 0.5) is 14.5 Å². The van der Waals surface area contributed by atoms with Crippen LogP contribution in [0.25, 0.3) is 0 Å². The van der Waals surface area contributed by atoms with Gasteiger partial charge in [-0.05, 0) is 42.8 Å². The lowest BCUT2D eigenvalue weighted by atomic mass is 10.1. The summed E-state index contributed by atoms with van der Waals surface area (Å²) in [6, 6.07) is 10.9. The molecule has 0 aromatic heterocycles. The zero-order valence-corrected chi connectivity index (χ0v) is 12.7. The molecular formula is C17H18F2N2O2. The van der Waals surface area contributed by atoms with Crippen LogP contribution in [0.1, 0.15) is 5.56 Å². The van der Waals surface area contributed by atoms with E-state index in [0.29, 0.717) is 6.54 Å². The molecule has 0 fully saturated rings. The molecule has 0 aliphatic rings. The Morgan fingerprint density at radius 2 is 1.83 bits per heavy atom. The van der Waals surface area contributed by atoms with Crippen LogP contribution < -0.4 is 15.4 Å². The molecule has 2 aromatic carbocycles. The van der Waals surface area contributed by atoms with Crippen LogP contribution >= 0.6 is 0 Å². The van der Waals surface area contributed by atoms with Crippen LogP contribution in [-0.4, -0.2) is 26.1 Å². The van der Waals surface area contributed by atoms with Gasteiger partial charge in [0, 0.05) is 11.8 Å². The first-order chi connectivity index (χ1) is 11.1. The maximum Gasteiger partial charge on any atom is 0.238 e. The highest BCUT2D eigenvalue weighted by Gasteiger charge is 2.06. The summed E-state index contributed by atoms with van der Waals surface area (Å²) < 4.78 is 30.9. The molecule has 2 aromatic rings. The Labute approximate surface area is 133 Å². The number of halogens is 2. The van der Waals surface area contributed by atoms with Crippen LogP contribution in [0.3, 0.4) is 0 Å². The highest BCUT2D eigenvalue weighted by Crippen LogP contribution is 2.13. The van der Waals surface area contributed by atoms with E-state index in [9.17, 15) is 13.6 Å². The van der Waals surface area contributed by atoms with Gasteiger partial charge in [-0.3, -0.25) is 4.79 Å². The van der Waals surface area contributed by atoms with Crippen LogP contribution in [0.2, 0.25) is 0 Å². The van der Waals surface area contributed by atoms with Crippen LogP contribution in [0, 0.1) is 11.6 Å². The summed E-state index contributed by atoms with van der Waals surface area (Å²) in [7, 11) is 1.61. The van der Waals surface area contributed by atoms with Gasteiger partial charge >= 0.3 is 0 Å². The predicted molar refractivity (Wildman–Crippen MR) is 84.6 cm³/mol. The molecule has 23 heavy (non-hydrogen) atoms. The Hall–Kier alpha value is -2.47. The number of hydrogen-bond acceptors (Lipinski definition) is 3. The smallest absolute Gasteiger partial charge is 0.238 e. The van der Waals surface area contributed by atoms with Crippen molar-refractivity contribution in [1.29, 1.82) is 0 Å². The van der Waals surface area contributed by atoms with Crippen LogP contribution in [-0.2, 0) is 11.2 Å². The third kappa shape index (κ3) is 5.34. The van der Waals surface area contributed by atoms with E-state index in [1.54, 1.807) is 7.11 Å². The minimum absolute atomic E-state index is 0.0924. The summed E-state index contributed by atoms with van der Waals surface area (Å²) in [6.07, 6.45) is 0.766. The number of nitrogens with one attached hydrogen (secondary N) is 2. The van der Waals surface area contributed by atoms with Crippen molar-refractivity contribution < 1.29 is 18.3 Å². The Morgan fingerprint density at radius 3 is 2.48 bits per heavy atom. The first-order valence-electron chi connectivity index (χ1n) is 7.17. The van der Waals surface area contributed by atoms with Crippen molar-refractivity contribution in [2.24, 2.45) is 0 Å². The molecule has 0 saturated heterocycles. The topological polar surface area (TPSA) is 50.4 Å². The highest BCUT2D eigenvalue weighted by atomic mass is 19.2. The number of hydrogen-bond donors (Lipinski definition) is 2. The van der Waals surface area contributed by atoms with Gasteiger partial charge in [0.25, 0.3) is 0 Å². The molecule has 0 bridgehead atoms. The quantitative estimate of drug-likeness (QED) is 0.771. The van der Waals surface area contributed by atoms with E-state index in [1.807, 2.05) is 24.3 Å². The fourth-order valence-electron chi connectivity index (χ4n) is 2.01. The largest absolute Gasteiger partial charge is 0.497 e. The summed E-state index contributed by atoms with van der Waals surface area (Å²) >= 11 is 0. The Kier molecular flexibility index (Phi) is 6.05. The number of ether oxygens (including phenoxy) is 1. The third-order valence-corrected chi connectivity index (χ3v) is 3.24. The van der Waals surface area contributed by atoms with Gasteiger partial charge in [-0.25, -0.2) is 8.78 Å². The van der Waals surface area contributed by atoms with Crippen molar-refractivity contribution >= 4 is 11.6 Å². The standard InChI is InChI=1S/C17H18F2N2O2/c1-23-14-5-2-12(3-6-14)8-9-20-11-17(22)21-13-4-7-15(18)16(19)10-13/h2-7,10,20H,8-9,11H2,1H3,(H,21,22). The molecule has 0 radical (unpaired) electrons. The highest BCUT2D eigenvalue weighted by molar-refractivity contribution is 5.92. The first kappa shape index (κ1) is 16.9. The van der Waals surface area contributed by atoms with E-state index in [1.165, 1.54) is 6.07 Å². The van der Waals surface area contributed by atoms with Gasteiger partial charge in [0.05, 0.1) is 13.7 Å². The minimum Gasteiger partial charge on any atom is -0.497 e.